The number of anilines is 1. The smallest absolute Gasteiger partial charge is 0.391 e. The van der Waals surface area contributed by atoms with E-state index < -0.39 is 72.2 Å². The lowest BCUT2D eigenvalue weighted by Gasteiger charge is -2.36. The summed E-state index contributed by atoms with van der Waals surface area (Å²) in [6.07, 6.45) is -3.10. The number of hydrogen-bond acceptors (Lipinski definition) is 6. The van der Waals surface area contributed by atoms with Crippen LogP contribution in [0.25, 0.3) is 0 Å². The maximum absolute atomic E-state index is 14.4. The van der Waals surface area contributed by atoms with Gasteiger partial charge in [0, 0.05) is 42.8 Å². The first kappa shape index (κ1) is 30.6. The highest BCUT2D eigenvalue weighted by Crippen LogP contribution is 2.59. The first-order valence-corrected chi connectivity index (χ1v) is 13.9. The van der Waals surface area contributed by atoms with E-state index in [2.05, 4.69) is 10.3 Å². The molecule has 0 radical (unpaired) electrons. The summed E-state index contributed by atoms with van der Waals surface area (Å²) in [6.45, 7) is -0.164. The Labute approximate surface area is 243 Å². The molecule has 5 rings (SSSR count). The Morgan fingerprint density at radius 3 is 2.33 bits per heavy atom. The van der Waals surface area contributed by atoms with Gasteiger partial charge in [-0.05, 0) is 49.4 Å². The Morgan fingerprint density at radius 2 is 1.77 bits per heavy atom. The van der Waals surface area contributed by atoms with Crippen LogP contribution < -0.4 is 10.2 Å². The minimum Gasteiger partial charge on any atom is -0.391 e. The monoisotopic (exact) mass is 609 g/mol. The Bertz CT molecular complexity index is 1400. The fourth-order valence-corrected chi connectivity index (χ4v) is 5.98. The molecular weight excluding hydrogens is 580 g/mol. The number of β-amino-alcohol motifs (C(OH)–C–C–N with tert-alkyl or cyclic N) is 1. The van der Waals surface area contributed by atoms with Crippen LogP contribution in [0.3, 0.4) is 0 Å². The number of benzene rings is 1. The third-order valence-electron chi connectivity index (χ3n) is 8.53. The van der Waals surface area contributed by atoms with Crippen molar-refractivity contribution in [3.63, 3.8) is 0 Å². The molecule has 14 heteroatoms. The van der Waals surface area contributed by atoms with E-state index in [9.17, 15) is 46.3 Å². The fourth-order valence-electron chi connectivity index (χ4n) is 5.98. The molecular formula is C29H29F6N5O3. The molecule has 2 saturated carbocycles. The molecule has 3 atom stereocenters. The van der Waals surface area contributed by atoms with E-state index in [0.717, 1.165) is 28.3 Å². The van der Waals surface area contributed by atoms with E-state index in [-0.39, 0.29) is 55.5 Å². The number of amides is 2. The average molecular weight is 610 g/mol. The summed E-state index contributed by atoms with van der Waals surface area (Å²) in [6, 6.07) is 2.32. The van der Waals surface area contributed by atoms with E-state index in [4.69, 9.17) is 0 Å². The van der Waals surface area contributed by atoms with Crippen LogP contribution in [0.1, 0.15) is 62.1 Å². The zero-order valence-corrected chi connectivity index (χ0v) is 22.8. The van der Waals surface area contributed by atoms with Crippen LogP contribution in [0.4, 0.5) is 32.0 Å². The molecule has 2 N–H and O–H groups in total. The topological polar surface area (TPSA) is 110 Å². The van der Waals surface area contributed by atoms with Gasteiger partial charge in [0.25, 0.3) is 5.91 Å². The van der Waals surface area contributed by atoms with Crippen LogP contribution >= 0.6 is 0 Å². The summed E-state index contributed by atoms with van der Waals surface area (Å²) in [7, 11) is 0. The minimum atomic E-state index is -4.50. The van der Waals surface area contributed by atoms with Crippen molar-refractivity contribution in [3.8, 4) is 6.19 Å². The first-order valence-electron chi connectivity index (χ1n) is 13.9. The van der Waals surface area contributed by atoms with Crippen LogP contribution in [-0.4, -0.2) is 63.6 Å². The molecule has 0 bridgehead atoms. The van der Waals surface area contributed by atoms with E-state index in [1.807, 2.05) is 6.19 Å². The van der Waals surface area contributed by atoms with Crippen LogP contribution in [0, 0.1) is 17.3 Å². The molecule has 3 aliphatic rings. The lowest BCUT2D eigenvalue weighted by atomic mass is 9.91. The van der Waals surface area contributed by atoms with Crippen molar-refractivity contribution in [3.05, 3.63) is 59.7 Å². The summed E-state index contributed by atoms with van der Waals surface area (Å²) in [5.41, 5.74) is -2.15. The van der Waals surface area contributed by atoms with Gasteiger partial charge in [-0.15, -0.1) is 0 Å². The number of likely N-dealkylation sites (tertiary alicyclic amines) is 1. The highest BCUT2D eigenvalue weighted by atomic mass is 19.4. The highest BCUT2D eigenvalue weighted by Gasteiger charge is 2.64. The second kappa shape index (κ2) is 11.3. The summed E-state index contributed by atoms with van der Waals surface area (Å²) in [5.74, 6) is -5.42. The van der Waals surface area contributed by atoms with Gasteiger partial charge in [0.2, 0.25) is 11.8 Å². The van der Waals surface area contributed by atoms with Crippen LogP contribution in [-0.2, 0) is 15.0 Å². The van der Waals surface area contributed by atoms with Gasteiger partial charge in [0.15, 0.2) is 6.19 Å². The van der Waals surface area contributed by atoms with Crippen LogP contribution in [0.5, 0.6) is 0 Å². The molecule has 230 valence electrons. The fraction of sp³-hybridized carbons (Fsp3) is 0.517. The zero-order valence-electron chi connectivity index (χ0n) is 22.8. The minimum absolute atomic E-state index is 0.0226. The number of carbonyl (C=O) groups is 2. The number of aliphatic hydroxyl groups is 1. The number of aliphatic hydroxyl groups excluding tert-OH is 1. The highest BCUT2D eigenvalue weighted by molar-refractivity contribution is 6.04. The molecule has 1 saturated heterocycles. The summed E-state index contributed by atoms with van der Waals surface area (Å²) >= 11 is 0. The molecule has 1 aromatic heterocycles. The number of pyridine rings is 1. The molecule has 43 heavy (non-hydrogen) atoms. The van der Waals surface area contributed by atoms with Gasteiger partial charge in [0.05, 0.1) is 24.3 Å². The van der Waals surface area contributed by atoms with Crippen LogP contribution in [0.15, 0.2) is 42.7 Å². The van der Waals surface area contributed by atoms with Gasteiger partial charge in [-0.1, -0.05) is 12.1 Å². The lowest BCUT2D eigenvalue weighted by molar-refractivity contribution is -0.160. The van der Waals surface area contributed by atoms with Crippen molar-refractivity contribution in [1.29, 1.82) is 5.26 Å². The lowest BCUT2D eigenvalue weighted by Crippen LogP contribution is -2.52. The summed E-state index contributed by atoms with van der Waals surface area (Å²) in [5, 5.41) is 22.5. The number of nitrogens with one attached hydrogen (secondary N) is 1. The van der Waals surface area contributed by atoms with Crippen molar-refractivity contribution >= 4 is 17.5 Å². The zero-order chi connectivity index (χ0) is 31.2. The third-order valence-corrected chi connectivity index (χ3v) is 8.53. The quantitative estimate of drug-likeness (QED) is 0.354. The SMILES string of the molecule is N#CN1CC(O)CC1C(=O)N(c1ccc(C2(C(F)(F)F)CC2)cc1)C(C(=O)NC1CCC(F)(F)CC1)c1cncc(F)c1. The second-order valence-corrected chi connectivity index (χ2v) is 11.5. The van der Waals surface area contributed by atoms with Gasteiger partial charge >= 0.3 is 6.18 Å². The average Bonchev–Trinajstić information content (AvgIpc) is 3.69. The van der Waals surface area contributed by atoms with Gasteiger partial charge in [-0.3, -0.25) is 24.4 Å². The van der Waals surface area contributed by atoms with Crippen molar-refractivity contribution in [2.45, 2.75) is 86.7 Å². The van der Waals surface area contributed by atoms with Crippen molar-refractivity contribution in [2.75, 3.05) is 11.4 Å². The van der Waals surface area contributed by atoms with Crippen molar-refractivity contribution in [1.82, 2.24) is 15.2 Å². The number of hydrogen-bond donors (Lipinski definition) is 2. The van der Waals surface area contributed by atoms with Crippen molar-refractivity contribution in [2.24, 2.45) is 0 Å². The molecule has 8 nitrogen and oxygen atoms in total. The molecule has 2 aliphatic carbocycles. The molecule has 3 fully saturated rings. The molecule has 3 unspecified atom stereocenters. The first-order chi connectivity index (χ1) is 20.2. The van der Waals surface area contributed by atoms with Gasteiger partial charge < -0.3 is 10.4 Å². The normalized spacial score (nSPS) is 23.7. The standard InChI is InChI=1S/C29H29F6N5O3/c30-19-11-17(13-37-14-19)24(25(42)38-20-5-7-28(31,32)8-6-20)40(26(43)23-12-22(41)15-39(23)16-36)21-3-1-18(2-4-21)27(9-10-27)29(33,34)35/h1-4,11,13-14,20,22-24,41H,5-10,12,15H2,(H,38,42). The molecule has 1 aliphatic heterocycles. The van der Waals surface area contributed by atoms with E-state index in [0.29, 0.717) is 0 Å². The Kier molecular flexibility index (Phi) is 8.06. The molecule has 0 spiro atoms. The number of aromatic nitrogens is 1. The molecule has 2 aromatic rings. The van der Waals surface area contributed by atoms with Gasteiger partial charge in [-0.25, -0.2) is 13.2 Å². The summed E-state index contributed by atoms with van der Waals surface area (Å²) in [4.78, 5) is 33.8. The number of alkyl halides is 5. The predicted molar refractivity (Wildman–Crippen MR) is 140 cm³/mol. The predicted octanol–water partition coefficient (Wildman–Crippen LogP) is 4.50. The number of halogens is 6. The number of nitrogens with zero attached hydrogens (tertiary/aromatic N) is 4. The number of rotatable bonds is 7. The largest absolute Gasteiger partial charge is 0.398 e. The maximum Gasteiger partial charge on any atom is 0.398 e. The second-order valence-electron chi connectivity index (χ2n) is 11.5. The van der Waals surface area contributed by atoms with E-state index in [1.54, 1.807) is 0 Å². The maximum atomic E-state index is 14.4. The third kappa shape index (κ3) is 6.13. The number of nitriles is 1. The molecule has 2 amide bonds. The molecule has 1 aromatic carbocycles. The van der Waals surface area contributed by atoms with Gasteiger partial charge in [-0.2, -0.15) is 18.4 Å². The van der Waals surface area contributed by atoms with Crippen LogP contribution in [0.2, 0.25) is 0 Å². The summed E-state index contributed by atoms with van der Waals surface area (Å²) < 4.78 is 83.3. The Morgan fingerprint density at radius 1 is 1.12 bits per heavy atom. The number of carbonyl (C=O) groups excluding carboxylic acids is 2. The van der Waals surface area contributed by atoms with E-state index >= 15 is 0 Å². The Hall–Kier alpha value is -3.86. The molecule has 2 heterocycles. The Balaban J connectivity index is 1.56. The van der Waals surface area contributed by atoms with E-state index in [1.165, 1.54) is 24.3 Å². The van der Waals surface area contributed by atoms with Crippen molar-refractivity contribution < 1.29 is 41.0 Å². The van der Waals surface area contributed by atoms with Gasteiger partial charge in [0.1, 0.15) is 17.9 Å².